The molecule has 1 heterocycles. The van der Waals surface area contributed by atoms with E-state index in [1.807, 2.05) is 38.4 Å². The van der Waals surface area contributed by atoms with Crippen LogP contribution in [-0.2, 0) is 11.3 Å². The molecule has 1 saturated carbocycles. The number of carbonyl (C=O) groups is 1. The van der Waals surface area contributed by atoms with Crippen LogP contribution in [0.2, 0.25) is 0 Å². The highest BCUT2D eigenvalue weighted by molar-refractivity contribution is 5.85. The SMILES string of the molecule is CN(C)CCOc1ccc(CNC(=O)[C@@]23CCCC[C@H]2CNC3)cc1.Cl.Cl. The molecule has 154 valence electrons. The Hall–Kier alpha value is -1.01. The highest BCUT2D eigenvalue weighted by Crippen LogP contribution is 2.43. The van der Waals surface area contributed by atoms with Crippen LogP contribution in [-0.4, -0.2) is 51.1 Å². The van der Waals surface area contributed by atoms with Gasteiger partial charge < -0.3 is 20.3 Å². The van der Waals surface area contributed by atoms with E-state index in [0.29, 0.717) is 19.1 Å². The van der Waals surface area contributed by atoms with Crippen molar-refractivity contribution in [1.29, 1.82) is 0 Å². The van der Waals surface area contributed by atoms with Crippen LogP contribution in [0.5, 0.6) is 5.75 Å². The number of rotatable bonds is 7. The van der Waals surface area contributed by atoms with E-state index in [9.17, 15) is 4.79 Å². The molecule has 2 aliphatic rings. The molecule has 2 N–H and O–H groups in total. The first kappa shape index (κ1) is 24.0. The third-order valence-electron chi connectivity index (χ3n) is 5.67. The van der Waals surface area contributed by atoms with Gasteiger partial charge in [-0.3, -0.25) is 4.79 Å². The molecule has 7 heteroatoms. The number of hydrogen-bond donors (Lipinski definition) is 2. The van der Waals surface area contributed by atoms with Gasteiger partial charge in [-0.05, 0) is 57.1 Å². The molecule has 1 aromatic rings. The Kier molecular flexibility index (Phi) is 9.88. The zero-order valence-electron chi connectivity index (χ0n) is 16.3. The summed E-state index contributed by atoms with van der Waals surface area (Å²) < 4.78 is 5.71. The summed E-state index contributed by atoms with van der Waals surface area (Å²) in [5.41, 5.74) is 0.941. The highest BCUT2D eigenvalue weighted by Gasteiger charge is 2.49. The Labute approximate surface area is 175 Å². The van der Waals surface area contributed by atoms with Gasteiger partial charge in [-0.2, -0.15) is 0 Å². The number of benzene rings is 1. The maximum absolute atomic E-state index is 12.9. The number of likely N-dealkylation sites (N-methyl/N-ethyl adjacent to an activating group) is 1. The molecule has 1 aliphatic heterocycles. The predicted octanol–water partition coefficient (Wildman–Crippen LogP) is 2.87. The quantitative estimate of drug-likeness (QED) is 0.715. The predicted molar refractivity (Wildman–Crippen MR) is 114 cm³/mol. The Balaban J connectivity index is 0.00000182. The number of halogens is 2. The number of ether oxygens (including phenoxy) is 1. The van der Waals surface area contributed by atoms with E-state index in [1.54, 1.807) is 0 Å². The summed E-state index contributed by atoms with van der Waals surface area (Å²) >= 11 is 0. The molecule has 0 radical (unpaired) electrons. The molecule has 0 spiro atoms. The van der Waals surface area contributed by atoms with E-state index in [4.69, 9.17) is 4.74 Å². The van der Waals surface area contributed by atoms with E-state index in [1.165, 1.54) is 19.3 Å². The number of hydrogen-bond acceptors (Lipinski definition) is 4. The van der Waals surface area contributed by atoms with Crippen molar-refractivity contribution in [2.24, 2.45) is 11.3 Å². The average Bonchev–Trinajstić information content (AvgIpc) is 3.06. The summed E-state index contributed by atoms with van der Waals surface area (Å²) in [6, 6.07) is 8.04. The van der Waals surface area contributed by atoms with E-state index in [2.05, 4.69) is 15.5 Å². The molecule has 2 atom stereocenters. The van der Waals surface area contributed by atoms with Gasteiger partial charge in [0.2, 0.25) is 5.91 Å². The summed E-state index contributed by atoms with van der Waals surface area (Å²) in [4.78, 5) is 15.0. The van der Waals surface area contributed by atoms with Crippen LogP contribution < -0.4 is 15.4 Å². The number of nitrogens with zero attached hydrogens (tertiary/aromatic N) is 1. The Morgan fingerprint density at radius 1 is 1.26 bits per heavy atom. The Morgan fingerprint density at radius 3 is 2.70 bits per heavy atom. The lowest BCUT2D eigenvalue weighted by Gasteiger charge is -2.37. The second-order valence-electron chi connectivity index (χ2n) is 7.71. The van der Waals surface area contributed by atoms with Crippen LogP contribution in [0.15, 0.2) is 24.3 Å². The first-order chi connectivity index (χ1) is 12.1. The summed E-state index contributed by atoms with van der Waals surface area (Å²) in [6.07, 6.45) is 4.63. The van der Waals surface area contributed by atoms with Gasteiger partial charge in [0.05, 0.1) is 5.41 Å². The normalized spacial score (nSPS) is 23.7. The van der Waals surface area contributed by atoms with Gasteiger partial charge >= 0.3 is 0 Å². The topological polar surface area (TPSA) is 53.6 Å². The molecule has 3 rings (SSSR count). The van der Waals surface area contributed by atoms with E-state index >= 15 is 0 Å². The molecular formula is C20H33Cl2N3O2. The summed E-state index contributed by atoms with van der Waals surface area (Å²) in [5, 5.41) is 6.62. The van der Waals surface area contributed by atoms with Gasteiger partial charge in [0.15, 0.2) is 0 Å². The lowest BCUT2D eigenvalue weighted by Crippen LogP contribution is -2.47. The minimum atomic E-state index is -0.173. The van der Waals surface area contributed by atoms with Crippen molar-refractivity contribution in [1.82, 2.24) is 15.5 Å². The van der Waals surface area contributed by atoms with Crippen LogP contribution in [0.3, 0.4) is 0 Å². The van der Waals surface area contributed by atoms with Crippen LogP contribution in [0, 0.1) is 11.3 Å². The lowest BCUT2D eigenvalue weighted by molar-refractivity contribution is -0.134. The van der Waals surface area contributed by atoms with Gasteiger partial charge in [-0.1, -0.05) is 25.0 Å². The average molecular weight is 418 g/mol. The van der Waals surface area contributed by atoms with Crippen LogP contribution >= 0.6 is 24.8 Å². The number of carbonyl (C=O) groups excluding carboxylic acids is 1. The van der Waals surface area contributed by atoms with Crippen LogP contribution in [0.25, 0.3) is 0 Å². The van der Waals surface area contributed by atoms with Crippen molar-refractivity contribution >= 4 is 30.7 Å². The van der Waals surface area contributed by atoms with Gasteiger partial charge in [0, 0.05) is 19.6 Å². The maximum Gasteiger partial charge on any atom is 0.228 e. The van der Waals surface area contributed by atoms with Crippen molar-refractivity contribution in [3.63, 3.8) is 0 Å². The molecule has 1 amide bonds. The fourth-order valence-corrected chi connectivity index (χ4v) is 4.10. The zero-order valence-corrected chi connectivity index (χ0v) is 18.0. The van der Waals surface area contributed by atoms with E-state index in [-0.39, 0.29) is 36.1 Å². The monoisotopic (exact) mass is 417 g/mol. The zero-order chi connectivity index (χ0) is 17.7. The molecule has 27 heavy (non-hydrogen) atoms. The third-order valence-corrected chi connectivity index (χ3v) is 5.67. The number of fused-ring (bicyclic) bond motifs is 1. The molecular weight excluding hydrogens is 385 g/mol. The summed E-state index contributed by atoms with van der Waals surface area (Å²) in [6.45, 7) is 3.99. The van der Waals surface area contributed by atoms with Crippen molar-refractivity contribution in [2.45, 2.75) is 32.2 Å². The summed E-state index contributed by atoms with van der Waals surface area (Å²) in [5.74, 6) is 1.62. The summed E-state index contributed by atoms with van der Waals surface area (Å²) in [7, 11) is 4.07. The van der Waals surface area contributed by atoms with Gasteiger partial charge in [0.1, 0.15) is 12.4 Å². The van der Waals surface area contributed by atoms with Gasteiger partial charge in [-0.15, -0.1) is 24.8 Å². The molecule has 5 nitrogen and oxygen atoms in total. The van der Waals surface area contributed by atoms with Gasteiger partial charge in [-0.25, -0.2) is 0 Å². The highest BCUT2D eigenvalue weighted by atomic mass is 35.5. The van der Waals surface area contributed by atoms with E-state index < -0.39 is 0 Å². The van der Waals surface area contributed by atoms with Crippen LogP contribution in [0.4, 0.5) is 0 Å². The Morgan fingerprint density at radius 2 is 2.00 bits per heavy atom. The largest absolute Gasteiger partial charge is 0.492 e. The second-order valence-corrected chi connectivity index (χ2v) is 7.71. The maximum atomic E-state index is 12.9. The standard InChI is InChI=1S/C20H31N3O2.2ClH/c1-23(2)11-12-25-18-8-6-16(7-9-18)13-22-19(24)20-10-4-3-5-17(20)14-21-15-20;;/h6-9,17,21H,3-5,10-15H2,1-2H3,(H,22,24);2*1H/t17-,20+;;/m0../s1. The minimum Gasteiger partial charge on any atom is -0.492 e. The molecule has 0 unspecified atom stereocenters. The molecule has 1 saturated heterocycles. The first-order valence-electron chi connectivity index (χ1n) is 9.46. The first-order valence-corrected chi connectivity index (χ1v) is 9.46. The minimum absolute atomic E-state index is 0. The Bertz CT molecular complexity index is 583. The second kappa shape index (κ2) is 11.1. The van der Waals surface area contributed by atoms with Gasteiger partial charge in [0.25, 0.3) is 0 Å². The molecule has 2 fully saturated rings. The van der Waals surface area contributed by atoms with Crippen molar-refractivity contribution in [3.8, 4) is 5.75 Å². The van der Waals surface area contributed by atoms with Crippen molar-refractivity contribution < 1.29 is 9.53 Å². The number of amides is 1. The fraction of sp³-hybridized carbons (Fsp3) is 0.650. The van der Waals surface area contributed by atoms with Crippen LogP contribution in [0.1, 0.15) is 31.2 Å². The molecule has 1 aromatic carbocycles. The molecule has 0 bridgehead atoms. The number of nitrogens with one attached hydrogen (secondary N) is 2. The third kappa shape index (κ3) is 5.98. The fourth-order valence-electron chi connectivity index (χ4n) is 4.10. The lowest BCUT2D eigenvalue weighted by atomic mass is 9.67. The molecule has 0 aromatic heterocycles. The van der Waals surface area contributed by atoms with Crippen molar-refractivity contribution in [2.75, 3.05) is 40.3 Å². The smallest absolute Gasteiger partial charge is 0.228 e. The van der Waals surface area contributed by atoms with E-state index in [0.717, 1.165) is 37.4 Å². The molecule has 1 aliphatic carbocycles. The van der Waals surface area contributed by atoms with Crippen molar-refractivity contribution in [3.05, 3.63) is 29.8 Å².